The normalized spacial score (nSPS) is 16.2. The number of sulfonamides is 1. The van der Waals surface area contributed by atoms with Gasteiger partial charge >= 0.3 is 0 Å². The Kier molecular flexibility index (Phi) is 6.74. The van der Waals surface area contributed by atoms with E-state index in [-0.39, 0.29) is 10.8 Å². The first kappa shape index (κ1) is 21.2. The molecule has 1 N–H and O–H groups in total. The maximum atomic E-state index is 13.0. The van der Waals surface area contributed by atoms with Crippen LogP contribution in [0.4, 0.5) is 5.13 Å². The van der Waals surface area contributed by atoms with Gasteiger partial charge in [-0.2, -0.15) is 4.31 Å². The summed E-state index contributed by atoms with van der Waals surface area (Å²) in [5.74, 6) is 1.02. The van der Waals surface area contributed by atoms with Crippen LogP contribution in [0.1, 0.15) is 42.6 Å². The third-order valence-corrected chi connectivity index (χ3v) is 8.48. The fourth-order valence-corrected chi connectivity index (χ4v) is 6.13. The van der Waals surface area contributed by atoms with Gasteiger partial charge in [-0.25, -0.2) is 8.42 Å². The summed E-state index contributed by atoms with van der Waals surface area (Å²) in [6.07, 6.45) is 1.71. The van der Waals surface area contributed by atoms with Crippen LogP contribution in [0.25, 0.3) is 0 Å². The molecule has 3 rings (SSSR count). The number of hydrogen-bond acceptors (Lipinski definition) is 7. The van der Waals surface area contributed by atoms with Gasteiger partial charge in [-0.15, -0.1) is 10.2 Å². The van der Waals surface area contributed by atoms with E-state index in [9.17, 15) is 13.2 Å². The van der Waals surface area contributed by atoms with E-state index in [1.54, 1.807) is 30.8 Å². The van der Waals surface area contributed by atoms with Crippen molar-refractivity contribution in [2.24, 2.45) is 5.92 Å². The summed E-state index contributed by atoms with van der Waals surface area (Å²) in [4.78, 5) is 12.9. The van der Waals surface area contributed by atoms with Crippen LogP contribution in [0.3, 0.4) is 0 Å². The van der Waals surface area contributed by atoms with Crippen LogP contribution in [0.15, 0.2) is 27.4 Å². The van der Waals surface area contributed by atoms with E-state index >= 15 is 0 Å². The van der Waals surface area contributed by atoms with Crippen LogP contribution in [0, 0.1) is 12.8 Å². The number of carbonyl (C=O) groups is 1. The molecule has 7 nitrogen and oxygen atoms in total. The Morgan fingerprint density at radius 1 is 1.32 bits per heavy atom. The van der Waals surface area contributed by atoms with Crippen molar-refractivity contribution in [2.45, 2.75) is 42.8 Å². The second kappa shape index (κ2) is 8.89. The average molecular weight is 441 g/mol. The number of aryl methyl sites for hydroxylation is 1. The lowest BCUT2D eigenvalue weighted by atomic mass is 10.0. The molecule has 152 valence electrons. The quantitative estimate of drug-likeness (QED) is 0.545. The number of nitrogens with zero attached hydrogens (tertiary/aromatic N) is 3. The van der Waals surface area contributed by atoms with Crippen molar-refractivity contribution in [3.05, 3.63) is 29.3 Å². The summed E-state index contributed by atoms with van der Waals surface area (Å²) in [5, 5.41) is 11.1. The van der Waals surface area contributed by atoms with Gasteiger partial charge in [-0.3, -0.25) is 10.1 Å². The molecule has 2 aromatic rings. The third kappa shape index (κ3) is 4.73. The van der Waals surface area contributed by atoms with Crippen molar-refractivity contribution in [1.82, 2.24) is 14.5 Å². The van der Waals surface area contributed by atoms with Crippen molar-refractivity contribution in [3.8, 4) is 0 Å². The molecule has 1 fully saturated rings. The second-order valence-electron chi connectivity index (χ2n) is 6.82. The lowest BCUT2D eigenvalue weighted by molar-refractivity contribution is 0.102. The highest BCUT2D eigenvalue weighted by Crippen LogP contribution is 2.27. The number of benzene rings is 1. The number of thioether (sulfide) groups is 1. The first-order valence-electron chi connectivity index (χ1n) is 9.19. The van der Waals surface area contributed by atoms with Crippen molar-refractivity contribution in [2.75, 3.05) is 24.2 Å². The summed E-state index contributed by atoms with van der Waals surface area (Å²) in [5.41, 5.74) is 1.03. The topological polar surface area (TPSA) is 92.3 Å². The summed E-state index contributed by atoms with van der Waals surface area (Å²) >= 11 is 2.85. The van der Waals surface area contributed by atoms with E-state index in [0.717, 1.165) is 22.9 Å². The predicted octanol–water partition coefficient (Wildman–Crippen LogP) is 3.63. The highest BCUT2D eigenvalue weighted by atomic mass is 32.2. The fraction of sp³-hybridized carbons (Fsp3) is 0.500. The lowest BCUT2D eigenvalue weighted by Gasteiger charge is -2.29. The molecule has 1 aromatic heterocycles. The van der Waals surface area contributed by atoms with Crippen LogP contribution < -0.4 is 5.32 Å². The number of carbonyl (C=O) groups excluding carboxylic acids is 1. The fourth-order valence-electron chi connectivity index (χ4n) is 2.99. The van der Waals surface area contributed by atoms with E-state index in [1.807, 2.05) is 6.92 Å². The molecule has 0 bridgehead atoms. The molecular formula is C18H24N4O3S3. The molecular weight excluding hydrogens is 416 g/mol. The maximum Gasteiger partial charge on any atom is 0.257 e. The number of amides is 1. The zero-order valence-corrected chi connectivity index (χ0v) is 18.6. The van der Waals surface area contributed by atoms with E-state index in [0.29, 0.717) is 35.3 Å². The SMILES string of the molecule is CCSc1nnc(NC(=O)c2cc(S(=O)(=O)N3CCC(C)CC3)ccc2C)s1. The Bertz CT molecular complexity index is 951. The van der Waals surface area contributed by atoms with E-state index in [1.165, 1.54) is 21.7 Å². The first-order chi connectivity index (χ1) is 13.3. The highest BCUT2D eigenvalue weighted by Gasteiger charge is 2.29. The second-order valence-corrected chi connectivity index (χ2v) is 11.3. The van der Waals surface area contributed by atoms with Crippen LogP contribution >= 0.6 is 23.1 Å². The van der Waals surface area contributed by atoms with Gasteiger partial charge in [0.2, 0.25) is 15.2 Å². The van der Waals surface area contributed by atoms with Crippen LogP contribution in [-0.4, -0.2) is 47.7 Å². The van der Waals surface area contributed by atoms with Gasteiger partial charge in [0.15, 0.2) is 4.34 Å². The number of piperidine rings is 1. The standard InChI is InChI=1S/C18H24N4O3S3/c1-4-26-18-21-20-17(27-18)19-16(23)15-11-14(6-5-13(15)3)28(24,25)22-9-7-12(2)8-10-22/h5-6,11-12H,4,7-10H2,1-3H3,(H,19,20,23). The number of hydrogen-bond donors (Lipinski definition) is 1. The molecule has 1 amide bonds. The van der Waals surface area contributed by atoms with Gasteiger partial charge in [-0.05, 0) is 49.1 Å². The molecule has 1 saturated heterocycles. The van der Waals surface area contributed by atoms with Crippen molar-refractivity contribution in [1.29, 1.82) is 0 Å². The molecule has 10 heteroatoms. The Labute approximate surface area is 174 Å². The summed E-state index contributed by atoms with van der Waals surface area (Å²) < 4.78 is 28.3. The zero-order chi connectivity index (χ0) is 20.3. The third-order valence-electron chi connectivity index (χ3n) is 4.73. The summed E-state index contributed by atoms with van der Waals surface area (Å²) in [6.45, 7) is 6.97. The Morgan fingerprint density at radius 2 is 2.04 bits per heavy atom. The maximum absolute atomic E-state index is 13.0. The molecule has 1 aromatic carbocycles. The van der Waals surface area contributed by atoms with Gasteiger partial charge in [-0.1, -0.05) is 43.0 Å². The van der Waals surface area contributed by atoms with Gasteiger partial charge in [0.05, 0.1) is 4.90 Å². The minimum atomic E-state index is -3.61. The molecule has 0 unspecified atom stereocenters. The molecule has 1 aliphatic heterocycles. The smallest absolute Gasteiger partial charge is 0.257 e. The minimum absolute atomic E-state index is 0.150. The first-order valence-corrected chi connectivity index (χ1v) is 12.4. The van der Waals surface area contributed by atoms with Crippen LogP contribution in [0.2, 0.25) is 0 Å². The van der Waals surface area contributed by atoms with Crippen LogP contribution in [-0.2, 0) is 10.0 Å². The Balaban J connectivity index is 1.81. The van der Waals surface area contributed by atoms with E-state index < -0.39 is 10.0 Å². The predicted molar refractivity (Wildman–Crippen MR) is 113 cm³/mol. The number of anilines is 1. The zero-order valence-electron chi connectivity index (χ0n) is 16.1. The number of rotatable bonds is 6. The van der Waals surface area contributed by atoms with Gasteiger partial charge < -0.3 is 0 Å². The molecule has 28 heavy (non-hydrogen) atoms. The van der Waals surface area contributed by atoms with Gasteiger partial charge in [0, 0.05) is 18.7 Å². The average Bonchev–Trinajstić information content (AvgIpc) is 3.09. The lowest BCUT2D eigenvalue weighted by Crippen LogP contribution is -2.38. The highest BCUT2D eigenvalue weighted by molar-refractivity contribution is 8.01. The molecule has 0 spiro atoms. The minimum Gasteiger partial charge on any atom is -0.296 e. The summed E-state index contributed by atoms with van der Waals surface area (Å²) in [7, 11) is -3.61. The largest absolute Gasteiger partial charge is 0.296 e. The van der Waals surface area contributed by atoms with E-state index in [4.69, 9.17) is 0 Å². The molecule has 0 atom stereocenters. The van der Waals surface area contributed by atoms with Crippen molar-refractivity contribution < 1.29 is 13.2 Å². The van der Waals surface area contributed by atoms with E-state index in [2.05, 4.69) is 22.4 Å². The van der Waals surface area contributed by atoms with Crippen molar-refractivity contribution in [3.63, 3.8) is 0 Å². The molecule has 0 radical (unpaired) electrons. The van der Waals surface area contributed by atoms with Crippen molar-refractivity contribution >= 4 is 44.2 Å². The van der Waals surface area contributed by atoms with Gasteiger partial charge in [0.1, 0.15) is 0 Å². The van der Waals surface area contributed by atoms with Crippen LogP contribution in [0.5, 0.6) is 0 Å². The molecule has 2 heterocycles. The molecule has 1 aliphatic rings. The number of aromatic nitrogens is 2. The Morgan fingerprint density at radius 3 is 2.71 bits per heavy atom. The number of nitrogens with one attached hydrogen (secondary N) is 1. The monoisotopic (exact) mass is 440 g/mol. The molecule has 0 saturated carbocycles. The molecule has 0 aliphatic carbocycles. The summed E-state index contributed by atoms with van der Waals surface area (Å²) in [6, 6.07) is 4.70. The van der Waals surface area contributed by atoms with Gasteiger partial charge in [0.25, 0.3) is 5.91 Å². The Hall–Kier alpha value is -1.49.